The molecule has 2 aromatic rings. The lowest BCUT2D eigenvalue weighted by atomic mass is 10.2. The molecule has 3 nitrogen and oxygen atoms in total. The molecule has 1 aromatic heterocycles. The average Bonchev–Trinajstić information content (AvgIpc) is 2.79. The van der Waals surface area contributed by atoms with Crippen molar-refractivity contribution in [3.8, 4) is 11.4 Å². The summed E-state index contributed by atoms with van der Waals surface area (Å²) >= 11 is 1.71. The van der Waals surface area contributed by atoms with E-state index in [9.17, 15) is 0 Å². The van der Waals surface area contributed by atoms with Crippen molar-refractivity contribution in [3.63, 3.8) is 0 Å². The van der Waals surface area contributed by atoms with E-state index in [-0.39, 0.29) is 0 Å². The van der Waals surface area contributed by atoms with Crippen LogP contribution in [0, 0.1) is 0 Å². The molecule has 2 rings (SSSR count). The molecule has 0 atom stereocenters. The second-order valence-electron chi connectivity index (χ2n) is 3.53. The molecular weight excluding hydrogens is 218 g/mol. The van der Waals surface area contributed by atoms with Crippen LogP contribution in [0.2, 0.25) is 0 Å². The number of benzene rings is 1. The summed E-state index contributed by atoms with van der Waals surface area (Å²) in [4.78, 5) is 4.45. The van der Waals surface area contributed by atoms with Crippen molar-refractivity contribution in [2.75, 3.05) is 5.75 Å². The zero-order valence-electron chi connectivity index (χ0n) is 9.31. The Hall–Kier alpha value is -1.29. The summed E-state index contributed by atoms with van der Waals surface area (Å²) in [5.41, 5.74) is 1.08. The first kappa shape index (κ1) is 11.2. The molecule has 1 N–H and O–H groups in total. The average molecular weight is 233 g/mol. The molecule has 1 heterocycles. The maximum absolute atomic E-state index is 4.45. The minimum Gasteiger partial charge on any atom is -0.258 e. The van der Waals surface area contributed by atoms with Crippen LogP contribution < -0.4 is 0 Å². The maximum atomic E-state index is 4.45. The van der Waals surface area contributed by atoms with Gasteiger partial charge in [-0.05, 0) is 6.42 Å². The number of nitrogens with zero attached hydrogens (tertiary/aromatic N) is 2. The molecule has 0 fully saturated rings. The van der Waals surface area contributed by atoms with Crippen molar-refractivity contribution in [2.45, 2.75) is 24.9 Å². The Kier molecular flexibility index (Phi) is 3.99. The molecule has 0 unspecified atom stereocenters. The first-order valence-electron chi connectivity index (χ1n) is 5.51. The fourth-order valence-corrected chi connectivity index (χ4v) is 2.23. The first-order valence-corrected chi connectivity index (χ1v) is 6.49. The van der Waals surface area contributed by atoms with Gasteiger partial charge in [0, 0.05) is 11.3 Å². The number of hydrogen-bond donors (Lipinski definition) is 1. The van der Waals surface area contributed by atoms with E-state index in [4.69, 9.17) is 0 Å². The van der Waals surface area contributed by atoms with E-state index in [0.717, 1.165) is 22.3 Å². The lowest BCUT2D eigenvalue weighted by molar-refractivity contribution is 0.889. The standard InChI is InChI=1S/C12H15N3S/c1-2-3-9-16-12-13-11(14-15-12)10-7-5-4-6-8-10/h4-8H,2-3,9H2,1H3,(H,13,14,15). The van der Waals surface area contributed by atoms with E-state index < -0.39 is 0 Å². The Labute approximate surface area is 99.7 Å². The third-order valence-electron chi connectivity index (χ3n) is 2.24. The van der Waals surface area contributed by atoms with E-state index in [2.05, 4.69) is 22.1 Å². The number of thioether (sulfide) groups is 1. The molecule has 1 aromatic carbocycles. The normalized spacial score (nSPS) is 10.6. The highest BCUT2D eigenvalue weighted by atomic mass is 32.2. The zero-order chi connectivity index (χ0) is 11.2. The zero-order valence-corrected chi connectivity index (χ0v) is 10.1. The van der Waals surface area contributed by atoms with E-state index >= 15 is 0 Å². The second-order valence-corrected chi connectivity index (χ2v) is 4.60. The highest BCUT2D eigenvalue weighted by Crippen LogP contribution is 2.19. The van der Waals surface area contributed by atoms with Crippen molar-refractivity contribution in [1.29, 1.82) is 0 Å². The van der Waals surface area contributed by atoms with Gasteiger partial charge in [-0.3, -0.25) is 5.10 Å². The van der Waals surface area contributed by atoms with Crippen LogP contribution in [0.1, 0.15) is 19.8 Å². The number of hydrogen-bond acceptors (Lipinski definition) is 3. The molecule has 84 valence electrons. The number of unbranched alkanes of at least 4 members (excludes halogenated alkanes) is 1. The van der Waals surface area contributed by atoms with Gasteiger partial charge < -0.3 is 0 Å². The predicted octanol–water partition coefficient (Wildman–Crippen LogP) is 3.36. The van der Waals surface area contributed by atoms with E-state index in [1.165, 1.54) is 12.8 Å². The van der Waals surface area contributed by atoms with Gasteiger partial charge in [0.05, 0.1) is 0 Å². The summed E-state index contributed by atoms with van der Waals surface area (Å²) < 4.78 is 0. The third kappa shape index (κ3) is 2.85. The molecule has 0 saturated heterocycles. The number of nitrogens with one attached hydrogen (secondary N) is 1. The van der Waals surface area contributed by atoms with Crippen molar-refractivity contribution in [3.05, 3.63) is 30.3 Å². The summed E-state index contributed by atoms with van der Waals surface area (Å²) in [6, 6.07) is 10.1. The molecule has 16 heavy (non-hydrogen) atoms. The van der Waals surface area contributed by atoms with Crippen molar-refractivity contribution in [1.82, 2.24) is 15.2 Å². The molecule has 0 saturated carbocycles. The molecule has 0 spiro atoms. The summed E-state index contributed by atoms with van der Waals surface area (Å²) in [6.45, 7) is 2.19. The van der Waals surface area contributed by atoms with Gasteiger partial charge in [-0.15, -0.1) is 5.10 Å². The SMILES string of the molecule is CCCCSc1n[nH]c(-c2ccccc2)n1. The monoisotopic (exact) mass is 233 g/mol. The van der Waals surface area contributed by atoms with Gasteiger partial charge in [0.25, 0.3) is 0 Å². The fraction of sp³-hybridized carbons (Fsp3) is 0.333. The second kappa shape index (κ2) is 5.70. The van der Waals surface area contributed by atoms with Crippen LogP contribution in [0.25, 0.3) is 11.4 Å². The Balaban J connectivity index is 2.02. The van der Waals surface area contributed by atoms with Crippen molar-refractivity contribution in [2.24, 2.45) is 0 Å². The Morgan fingerprint density at radius 3 is 2.81 bits per heavy atom. The molecule has 0 aliphatic rings. The number of H-pyrrole nitrogens is 1. The van der Waals surface area contributed by atoms with Crippen molar-refractivity contribution < 1.29 is 0 Å². The van der Waals surface area contributed by atoms with Crippen LogP contribution >= 0.6 is 11.8 Å². The molecule has 0 bridgehead atoms. The van der Waals surface area contributed by atoms with Gasteiger partial charge in [0.1, 0.15) is 0 Å². The van der Waals surface area contributed by atoms with Gasteiger partial charge in [-0.25, -0.2) is 4.98 Å². The smallest absolute Gasteiger partial charge is 0.208 e. The Morgan fingerprint density at radius 2 is 2.06 bits per heavy atom. The van der Waals surface area contributed by atoms with Gasteiger partial charge in [0.2, 0.25) is 5.16 Å². The van der Waals surface area contributed by atoms with Gasteiger partial charge in [0.15, 0.2) is 5.82 Å². The van der Waals surface area contributed by atoms with Crippen LogP contribution in [0.3, 0.4) is 0 Å². The number of aromatic amines is 1. The summed E-state index contributed by atoms with van der Waals surface area (Å²) in [6.07, 6.45) is 2.42. The van der Waals surface area contributed by atoms with Gasteiger partial charge in [-0.2, -0.15) is 0 Å². The van der Waals surface area contributed by atoms with Crippen LogP contribution in [0.15, 0.2) is 35.5 Å². The number of aromatic nitrogens is 3. The Bertz CT molecular complexity index is 425. The molecule has 0 aliphatic heterocycles. The minimum atomic E-state index is 0.840. The minimum absolute atomic E-state index is 0.840. The van der Waals surface area contributed by atoms with Crippen LogP contribution in [0.4, 0.5) is 0 Å². The Morgan fingerprint density at radius 1 is 1.25 bits per heavy atom. The van der Waals surface area contributed by atoms with Crippen LogP contribution in [0.5, 0.6) is 0 Å². The fourth-order valence-electron chi connectivity index (χ4n) is 1.34. The topological polar surface area (TPSA) is 41.6 Å². The quantitative estimate of drug-likeness (QED) is 0.636. The lowest BCUT2D eigenvalue weighted by Crippen LogP contribution is -1.81. The highest BCUT2D eigenvalue weighted by Gasteiger charge is 2.04. The van der Waals surface area contributed by atoms with E-state index in [1.807, 2.05) is 30.3 Å². The largest absolute Gasteiger partial charge is 0.258 e. The van der Waals surface area contributed by atoms with Gasteiger partial charge in [-0.1, -0.05) is 55.4 Å². The lowest BCUT2D eigenvalue weighted by Gasteiger charge is -1.93. The summed E-state index contributed by atoms with van der Waals surface area (Å²) in [5.74, 6) is 1.93. The van der Waals surface area contributed by atoms with E-state index in [1.54, 1.807) is 11.8 Å². The van der Waals surface area contributed by atoms with Crippen LogP contribution in [-0.4, -0.2) is 20.9 Å². The molecule has 4 heteroatoms. The molecule has 0 aliphatic carbocycles. The van der Waals surface area contributed by atoms with E-state index in [0.29, 0.717) is 0 Å². The molecule has 0 amide bonds. The molecular formula is C12H15N3S. The summed E-state index contributed by atoms with van der Waals surface area (Å²) in [5, 5.41) is 8.00. The first-order chi connectivity index (χ1) is 7.90. The third-order valence-corrected chi connectivity index (χ3v) is 3.17. The van der Waals surface area contributed by atoms with Gasteiger partial charge >= 0.3 is 0 Å². The van der Waals surface area contributed by atoms with Crippen LogP contribution in [-0.2, 0) is 0 Å². The summed E-state index contributed by atoms with van der Waals surface area (Å²) in [7, 11) is 0. The highest BCUT2D eigenvalue weighted by molar-refractivity contribution is 7.99. The predicted molar refractivity (Wildman–Crippen MR) is 67.5 cm³/mol. The van der Waals surface area contributed by atoms with Crippen molar-refractivity contribution >= 4 is 11.8 Å². The maximum Gasteiger partial charge on any atom is 0.208 e. The number of rotatable bonds is 5. The molecule has 0 radical (unpaired) electrons.